The molecule has 2 aromatic rings. The van der Waals surface area contributed by atoms with Gasteiger partial charge in [-0.15, -0.1) is 0 Å². The zero-order valence-corrected chi connectivity index (χ0v) is 19.7. The second kappa shape index (κ2) is 8.99. The Morgan fingerprint density at radius 1 is 0.933 bits per heavy atom. The minimum atomic E-state index is -0.780. The highest BCUT2D eigenvalue weighted by Gasteiger charge is 2.32. The van der Waals surface area contributed by atoms with Crippen LogP contribution in [0.5, 0.6) is 0 Å². The van der Waals surface area contributed by atoms with E-state index in [0.29, 0.717) is 5.92 Å². The van der Waals surface area contributed by atoms with E-state index in [1.807, 2.05) is 0 Å². The van der Waals surface area contributed by atoms with Gasteiger partial charge in [0.25, 0.3) is 0 Å². The highest BCUT2D eigenvalue weighted by atomic mass is 16.3. The molecule has 1 saturated carbocycles. The number of aliphatic hydroxyl groups is 1. The predicted molar refractivity (Wildman–Crippen MR) is 128 cm³/mol. The second-order valence-electron chi connectivity index (χ2n) is 9.53. The number of hydrogen-bond donors (Lipinski definition) is 1. The summed E-state index contributed by atoms with van der Waals surface area (Å²) < 4.78 is 0. The average molecular weight is 403 g/mol. The minimum absolute atomic E-state index is 0.0145. The summed E-state index contributed by atoms with van der Waals surface area (Å²) in [6.45, 7) is 13.5. The van der Waals surface area contributed by atoms with Gasteiger partial charge in [-0.25, -0.2) is 0 Å². The van der Waals surface area contributed by atoms with Crippen molar-refractivity contribution in [3.05, 3.63) is 69.8 Å². The lowest BCUT2D eigenvalue weighted by Gasteiger charge is -2.34. The normalized spacial score (nSPS) is 15.9. The Labute approximate surface area is 183 Å². The first kappa shape index (κ1) is 22.6. The number of rotatable bonds is 5. The molecule has 2 aromatic carbocycles. The second-order valence-corrected chi connectivity index (χ2v) is 9.53. The maximum atomic E-state index is 10.6. The monoisotopic (exact) mass is 402 g/mol. The van der Waals surface area contributed by atoms with Crippen molar-refractivity contribution >= 4 is 0 Å². The van der Waals surface area contributed by atoms with Crippen molar-refractivity contribution in [1.29, 1.82) is 0 Å². The molecule has 0 spiro atoms. The predicted octanol–water partition coefficient (Wildman–Crippen LogP) is 7.19. The van der Waals surface area contributed by atoms with Crippen LogP contribution >= 0.6 is 0 Å². The van der Waals surface area contributed by atoms with Gasteiger partial charge < -0.3 is 5.11 Å². The van der Waals surface area contributed by atoms with Crippen molar-refractivity contribution < 1.29 is 5.11 Å². The fourth-order valence-corrected chi connectivity index (χ4v) is 5.22. The lowest BCUT2D eigenvalue weighted by atomic mass is 9.69. The van der Waals surface area contributed by atoms with E-state index in [1.165, 1.54) is 27.8 Å². The van der Waals surface area contributed by atoms with Crippen LogP contribution in [0.25, 0.3) is 0 Å². The first-order chi connectivity index (χ1) is 14.2. The summed E-state index contributed by atoms with van der Waals surface area (Å²) in [5, 5.41) is 10.6. The summed E-state index contributed by atoms with van der Waals surface area (Å²) in [6.07, 6.45) is 5.89. The molecule has 30 heavy (non-hydrogen) atoms. The highest BCUT2D eigenvalue weighted by molar-refractivity contribution is 5.49. The highest BCUT2D eigenvalue weighted by Crippen LogP contribution is 2.40. The van der Waals surface area contributed by atoms with Crippen LogP contribution in [-0.2, 0) is 5.41 Å². The topological polar surface area (TPSA) is 20.2 Å². The third kappa shape index (κ3) is 4.35. The average Bonchev–Trinajstić information content (AvgIpc) is 3.15. The molecule has 0 radical (unpaired) electrons. The van der Waals surface area contributed by atoms with Crippen LogP contribution in [0.1, 0.15) is 106 Å². The molecule has 1 fully saturated rings. The zero-order chi connectivity index (χ0) is 21.9. The van der Waals surface area contributed by atoms with Crippen molar-refractivity contribution in [1.82, 2.24) is 0 Å². The van der Waals surface area contributed by atoms with E-state index in [2.05, 4.69) is 89.8 Å². The van der Waals surface area contributed by atoms with Crippen molar-refractivity contribution in [3.63, 3.8) is 0 Å². The quantitative estimate of drug-likeness (QED) is 0.525. The molecule has 0 unspecified atom stereocenters. The fraction of sp³-hybridized carbons (Fsp3) is 0.517. The molecule has 1 aliphatic rings. The molecule has 0 bridgehead atoms. The molecule has 0 heterocycles. The molecule has 0 amide bonds. The van der Waals surface area contributed by atoms with Crippen LogP contribution < -0.4 is 0 Å². The van der Waals surface area contributed by atoms with Gasteiger partial charge in [0.2, 0.25) is 0 Å². The van der Waals surface area contributed by atoms with E-state index >= 15 is 0 Å². The maximum absolute atomic E-state index is 10.6. The summed E-state index contributed by atoms with van der Waals surface area (Å²) in [4.78, 5) is 0. The van der Waals surface area contributed by atoms with E-state index in [1.54, 1.807) is 0 Å². The van der Waals surface area contributed by atoms with Crippen molar-refractivity contribution in [2.24, 2.45) is 0 Å². The third-order valence-electron chi connectivity index (χ3n) is 7.29. The van der Waals surface area contributed by atoms with Gasteiger partial charge >= 0.3 is 0 Å². The Kier molecular flexibility index (Phi) is 6.78. The summed E-state index contributed by atoms with van der Waals surface area (Å²) in [5.41, 5.74) is 7.07. The molecule has 3 rings (SSSR count). The molecule has 1 nitrogen and oxygen atoms in total. The van der Waals surface area contributed by atoms with Crippen LogP contribution in [0, 0.1) is 25.7 Å². The van der Waals surface area contributed by atoms with Crippen LogP contribution in [0.15, 0.2) is 36.4 Å². The maximum Gasteiger partial charge on any atom is 0.125 e. The fourth-order valence-electron chi connectivity index (χ4n) is 5.22. The summed E-state index contributed by atoms with van der Waals surface area (Å²) in [6, 6.07) is 13.8. The molecule has 1 aliphatic carbocycles. The molecule has 160 valence electrons. The smallest absolute Gasteiger partial charge is 0.125 e. The molecular formula is C29H38O. The third-order valence-corrected chi connectivity index (χ3v) is 7.29. The summed E-state index contributed by atoms with van der Waals surface area (Å²) >= 11 is 0. The van der Waals surface area contributed by atoms with Gasteiger partial charge in [-0.3, -0.25) is 0 Å². The minimum Gasteiger partial charge on any atom is -0.378 e. The van der Waals surface area contributed by atoms with Crippen LogP contribution in [0.4, 0.5) is 0 Å². The van der Waals surface area contributed by atoms with E-state index in [9.17, 15) is 5.11 Å². The van der Waals surface area contributed by atoms with Gasteiger partial charge in [-0.2, -0.15) is 0 Å². The largest absolute Gasteiger partial charge is 0.378 e. The van der Waals surface area contributed by atoms with Crippen LogP contribution in [0.3, 0.4) is 0 Å². The van der Waals surface area contributed by atoms with Gasteiger partial charge in [-0.1, -0.05) is 69.9 Å². The molecule has 0 atom stereocenters. The number of aryl methyl sites for hydroxylation is 2. The van der Waals surface area contributed by atoms with Crippen molar-refractivity contribution in [2.75, 3.05) is 0 Å². The Hall–Kier alpha value is -2.04. The van der Waals surface area contributed by atoms with E-state index in [-0.39, 0.29) is 5.41 Å². The van der Waals surface area contributed by atoms with Gasteiger partial charge in [0.15, 0.2) is 0 Å². The van der Waals surface area contributed by atoms with Gasteiger partial charge in [-0.05, 0) is 92.2 Å². The molecule has 1 heteroatoms. The van der Waals surface area contributed by atoms with Crippen molar-refractivity contribution in [3.8, 4) is 11.8 Å². The Balaban J connectivity index is 2.00. The van der Waals surface area contributed by atoms with E-state index in [0.717, 1.165) is 44.1 Å². The van der Waals surface area contributed by atoms with Crippen LogP contribution in [-0.4, -0.2) is 10.7 Å². The molecule has 0 saturated heterocycles. The summed E-state index contributed by atoms with van der Waals surface area (Å²) in [7, 11) is 0. The van der Waals surface area contributed by atoms with E-state index < -0.39 is 5.60 Å². The lowest BCUT2D eigenvalue weighted by molar-refractivity contribution is 0.110. The lowest BCUT2D eigenvalue weighted by Crippen LogP contribution is -2.26. The van der Waals surface area contributed by atoms with Gasteiger partial charge in [0.1, 0.15) is 5.60 Å². The molecule has 0 aromatic heterocycles. The zero-order valence-electron chi connectivity index (χ0n) is 19.7. The Morgan fingerprint density at radius 2 is 1.50 bits per heavy atom. The first-order valence-electron chi connectivity index (χ1n) is 11.7. The summed E-state index contributed by atoms with van der Waals surface area (Å²) in [5.74, 6) is 6.99. The standard InChI is InChI=1S/C29H38O/c1-7-29(8-2,26-13-14-27(21(3)4)23(6)20-26)25-12-11-24(22(5)19-25)15-18-28(30)16-9-10-17-28/h11-14,19-21,30H,7-10,16-17H2,1-6H3. The number of benzene rings is 2. The first-order valence-corrected chi connectivity index (χ1v) is 11.7. The van der Waals surface area contributed by atoms with Crippen LogP contribution in [0.2, 0.25) is 0 Å². The van der Waals surface area contributed by atoms with Crippen molar-refractivity contribution in [2.45, 2.75) is 97.0 Å². The van der Waals surface area contributed by atoms with Gasteiger partial charge in [0, 0.05) is 11.0 Å². The Morgan fingerprint density at radius 3 is 2.00 bits per heavy atom. The van der Waals surface area contributed by atoms with E-state index in [4.69, 9.17) is 0 Å². The van der Waals surface area contributed by atoms with Gasteiger partial charge in [0.05, 0.1) is 0 Å². The number of hydrogen-bond acceptors (Lipinski definition) is 1. The molecule has 1 N–H and O–H groups in total. The SMILES string of the molecule is CCC(CC)(c1ccc(C#CC2(O)CCCC2)c(C)c1)c1ccc(C(C)C)c(C)c1. The molecule has 0 aliphatic heterocycles. The Bertz CT molecular complexity index is 944. The molecular weight excluding hydrogens is 364 g/mol.